The van der Waals surface area contributed by atoms with Crippen LogP contribution < -0.4 is 5.32 Å². The normalized spacial score (nSPS) is 14.8. The molecule has 0 saturated carbocycles. The van der Waals surface area contributed by atoms with Crippen LogP contribution in [0, 0.1) is 11.7 Å². The van der Waals surface area contributed by atoms with E-state index in [1.54, 1.807) is 42.6 Å². The van der Waals surface area contributed by atoms with E-state index in [0.29, 0.717) is 22.4 Å². The van der Waals surface area contributed by atoms with Crippen molar-refractivity contribution in [2.24, 2.45) is 5.92 Å². The summed E-state index contributed by atoms with van der Waals surface area (Å²) in [5, 5.41) is 9.90. The zero-order valence-electron chi connectivity index (χ0n) is 19.5. The molecule has 5 aromatic rings. The molecule has 6 rings (SSSR count). The van der Waals surface area contributed by atoms with Crippen LogP contribution in [-0.4, -0.2) is 35.3 Å². The van der Waals surface area contributed by atoms with Gasteiger partial charge in [0.2, 0.25) is 0 Å². The summed E-state index contributed by atoms with van der Waals surface area (Å²) in [5.41, 5.74) is 2.71. The Labute approximate surface area is 215 Å². The average molecular weight is 525 g/mol. The van der Waals surface area contributed by atoms with Crippen LogP contribution in [-0.2, 0) is 16.6 Å². The lowest BCUT2D eigenvalue weighted by molar-refractivity contribution is 0.322. The quantitative estimate of drug-likeness (QED) is 0.332. The van der Waals surface area contributed by atoms with Crippen molar-refractivity contribution in [1.29, 1.82) is 0 Å². The van der Waals surface area contributed by atoms with Crippen LogP contribution in [0.15, 0.2) is 84.0 Å². The minimum Gasteiger partial charge on any atom is -0.317 e. The van der Waals surface area contributed by atoms with Gasteiger partial charge in [-0.15, -0.1) is 12.4 Å². The molecule has 2 aromatic heterocycles. The fourth-order valence-corrected chi connectivity index (χ4v) is 6.35. The smallest absolute Gasteiger partial charge is 0.268 e. The molecule has 1 fully saturated rings. The zero-order chi connectivity index (χ0) is 24.0. The molecule has 0 spiro atoms. The largest absolute Gasteiger partial charge is 0.317 e. The van der Waals surface area contributed by atoms with Crippen LogP contribution in [0.4, 0.5) is 4.39 Å². The van der Waals surface area contributed by atoms with Crippen molar-refractivity contribution in [3.05, 3.63) is 84.9 Å². The van der Waals surface area contributed by atoms with E-state index in [1.807, 2.05) is 22.9 Å². The summed E-state index contributed by atoms with van der Waals surface area (Å²) in [4.78, 5) is 0.153. The topological polar surface area (TPSA) is 68.9 Å². The first-order valence-corrected chi connectivity index (χ1v) is 13.2. The van der Waals surface area contributed by atoms with Crippen molar-refractivity contribution in [3.8, 4) is 11.1 Å². The number of aromatic nitrogens is 3. The Hall–Kier alpha value is -3.20. The maximum absolute atomic E-state index is 14.2. The standard InChI is InChI=1S/C27H25FN4O2S.ClH/c28-22-8-9-24-25(18-32(27(24)15-22)35(33,34)23-4-2-1-3-5-23)20-6-7-21-17-31(30-26(21)14-20)16-19-10-12-29-13-11-19;/h1-9,14-15,17-19,29H,10-13,16H2;1H. The Morgan fingerprint density at radius 3 is 2.53 bits per heavy atom. The molecule has 0 atom stereocenters. The van der Waals surface area contributed by atoms with Crippen LogP contribution >= 0.6 is 12.4 Å². The zero-order valence-corrected chi connectivity index (χ0v) is 21.1. The van der Waals surface area contributed by atoms with Crippen molar-refractivity contribution in [2.75, 3.05) is 13.1 Å². The number of fused-ring (bicyclic) bond motifs is 2. The first-order chi connectivity index (χ1) is 17.0. The molecule has 0 aliphatic carbocycles. The van der Waals surface area contributed by atoms with Gasteiger partial charge in [-0.05, 0) is 73.8 Å². The van der Waals surface area contributed by atoms with E-state index in [-0.39, 0.29) is 17.3 Å². The van der Waals surface area contributed by atoms with Gasteiger partial charge < -0.3 is 5.32 Å². The van der Waals surface area contributed by atoms with Gasteiger partial charge in [-0.25, -0.2) is 16.8 Å². The number of hydrogen-bond acceptors (Lipinski definition) is 4. The summed E-state index contributed by atoms with van der Waals surface area (Å²) in [6.07, 6.45) is 5.94. The fourth-order valence-electron chi connectivity index (χ4n) is 4.96. The van der Waals surface area contributed by atoms with Crippen LogP contribution in [0.2, 0.25) is 0 Å². The second-order valence-electron chi connectivity index (χ2n) is 9.14. The lowest BCUT2D eigenvalue weighted by Crippen LogP contribution is -2.29. The van der Waals surface area contributed by atoms with E-state index in [1.165, 1.54) is 16.1 Å². The highest BCUT2D eigenvalue weighted by Gasteiger charge is 2.22. The van der Waals surface area contributed by atoms with Gasteiger partial charge >= 0.3 is 0 Å². The summed E-state index contributed by atoms with van der Waals surface area (Å²) in [6.45, 7) is 2.98. The van der Waals surface area contributed by atoms with Gasteiger partial charge in [0.05, 0.1) is 15.9 Å². The molecule has 3 aromatic carbocycles. The number of rotatable bonds is 5. The van der Waals surface area contributed by atoms with Gasteiger partial charge in [0.1, 0.15) is 5.82 Å². The number of piperidine rings is 1. The minimum absolute atomic E-state index is 0. The highest BCUT2D eigenvalue weighted by Crippen LogP contribution is 2.35. The molecule has 0 unspecified atom stereocenters. The number of halogens is 2. The van der Waals surface area contributed by atoms with Gasteiger partial charge in [-0.1, -0.05) is 30.3 Å². The highest BCUT2D eigenvalue weighted by molar-refractivity contribution is 7.90. The van der Waals surface area contributed by atoms with E-state index >= 15 is 0 Å². The molecule has 186 valence electrons. The first-order valence-electron chi connectivity index (χ1n) is 11.8. The second kappa shape index (κ2) is 9.69. The Balaban J connectivity index is 0.00000267. The maximum Gasteiger partial charge on any atom is 0.268 e. The Bertz CT molecular complexity index is 1640. The van der Waals surface area contributed by atoms with E-state index in [4.69, 9.17) is 5.10 Å². The third-order valence-corrected chi connectivity index (χ3v) is 8.49. The summed E-state index contributed by atoms with van der Waals surface area (Å²) in [6, 6.07) is 18.4. The number of nitrogens with one attached hydrogen (secondary N) is 1. The summed E-state index contributed by atoms with van der Waals surface area (Å²) in [5.74, 6) is 0.125. The molecule has 1 saturated heterocycles. The summed E-state index contributed by atoms with van der Waals surface area (Å²) in [7, 11) is -3.90. The van der Waals surface area contributed by atoms with E-state index in [0.717, 1.165) is 48.9 Å². The maximum atomic E-state index is 14.2. The number of benzene rings is 3. The summed E-state index contributed by atoms with van der Waals surface area (Å²) >= 11 is 0. The Morgan fingerprint density at radius 1 is 0.972 bits per heavy atom. The molecule has 1 aliphatic rings. The van der Waals surface area contributed by atoms with Crippen LogP contribution in [0.5, 0.6) is 0 Å². The van der Waals surface area contributed by atoms with Gasteiger partial charge in [0, 0.05) is 35.3 Å². The Morgan fingerprint density at radius 2 is 1.75 bits per heavy atom. The monoisotopic (exact) mass is 524 g/mol. The lowest BCUT2D eigenvalue weighted by Gasteiger charge is -2.22. The molecule has 6 nitrogen and oxygen atoms in total. The van der Waals surface area contributed by atoms with Crippen LogP contribution in [0.3, 0.4) is 0 Å². The molecular formula is C27H26ClFN4O2S. The molecule has 0 radical (unpaired) electrons. The molecule has 3 heterocycles. The second-order valence-corrected chi connectivity index (χ2v) is 11.0. The van der Waals surface area contributed by atoms with Gasteiger partial charge in [-0.3, -0.25) is 4.68 Å². The SMILES string of the molecule is Cl.O=S(=O)(c1ccccc1)n1cc(-c2ccc3cn(CC4CCNCC4)nc3c2)c2ccc(F)cc21. The van der Waals surface area contributed by atoms with Crippen molar-refractivity contribution in [1.82, 2.24) is 19.1 Å². The third kappa shape index (κ3) is 4.40. The van der Waals surface area contributed by atoms with Crippen molar-refractivity contribution >= 4 is 44.2 Å². The lowest BCUT2D eigenvalue weighted by atomic mass is 9.98. The highest BCUT2D eigenvalue weighted by atomic mass is 35.5. The molecule has 1 N–H and O–H groups in total. The molecule has 0 bridgehead atoms. The van der Waals surface area contributed by atoms with Gasteiger partial charge in [0.25, 0.3) is 10.0 Å². The van der Waals surface area contributed by atoms with Crippen LogP contribution in [0.25, 0.3) is 32.9 Å². The molecular weight excluding hydrogens is 499 g/mol. The predicted molar refractivity (Wildman–Crippen MR) is 142 cm³/mol. The average Bonchev–Trinajstić information content (AvgIpc) is 3.45. The van der Waals surface area contributed by atoms with Gasteiger partial charge in [0.15, 0.2) is 0 Å². The van der Waals surface area contributed by atoms with Crippen molar-refractivity contribution in [3.63, 3.8) is 0 Å². The summed E-state index contributed by atoms with van der Waals surface area (Å²) < 4.78 is 44.2. The fraction of sp³-hybridized carbons (Fsp3) is 0.222. The molecule has 1 aliphatic heterocycles. The Kier molecular flexibility index (Phi) is 6.59. The minimum atomic E-state index is -3.90. The number of hydrogen-bond donors (Lipinski definition) is 1. The van der Waals surface area contributed by atoms with Crippen molar-refractivity contribution in [2.45, 2.75) is 24.3 Å². The third-order valence-electron chi connectivity index (χ3n) is 6.80. The van der Waals surface area contributed by atoms with Crippen LogP contribution in [0.1, 0.15) is 12.8 Å². The molecule has 0 amide bonds. The van der Waals surface area contributed by atoms with Crippen molar-refractivity contribution < 1.29 is 12.8 Å². The number of nitrogens with zero attached hydrogens (tertiary/aromatic N) is 3. The predicted octanol–water partition coefficient (Wildman–Crippen LogP) is 5.46. The molecule has 9 heteroatoms. The van der Waals surface area contributed by atoms with E-state index in [9.17, 15) is 12.8 Å². The van der Waals surface area contributed by atoms with E-state index < -0.39 is 15.8 Å². The van der Waals surface area contributed by atoms with E-state index in [2.05, 4.69) is 11.5 Å². The first kappa shape index (κ1) is 24.5. The molecule has 36 heavy (non-hydrogen) atoms. The van der Waals surface area contributed by atoms with Gasteiger partial charge in [-0.2, -0.15) is 5.10 Å².